The largest absolute Gasteiger partial charge is 0.507 e. The minimum atomic E-state index is -2.05. The van der Waals surface area contributed by atoms with Gasteiger partial charge in [0.2, 0.25) is 0 Å². The molecule has 0 radical (unpaired) electrons. The molecule has 326 valence electrons. The van der Waals surface area contributed by atoms with Crippen molar-refractivity contribution in [1.82, 2.24) is 4.90 Å². The van der Waals surface area contributed by atoms with Crippen LogP contribution < -0.4 is 14.8 Å². The van der Waals surface area contributed by atoms with Crippen LogP contribution in [0.5, 0.6) is 23.0 Å². The average molecular weight is 835 g/mol. The number of methoxy groups -OCH3 is 1. The molecule has 0 aliphatic carbocycles. The van der Waals surface area contributed by atoms with Crippen molar-refractivity contribution in [2.45, 2.75) is 98.9 Å². The second kappa shape index (κ2) is 19.7. The number of hydrogen-bond acceptors (Lipinski definition) is 13. The van der Waals surface area contributed by atoms with Crippen LogP contribution in [0.25, 0.3) is 10.8 Å². The molecule has 0 unspecified atom stereocenters. The highest BCUT2D eigenvalue weighted by Crippen LogP contribution is 2.54. The Morgan fingerprint density at radius 1 is 1.02 bits per heavy atom. The van der Waals surface area contributed by atoms with Gasteiger partial charge in [0.05, 0.1) is 47.8 Å². The maximum Gasteiger partial charge on any atom is 0.312 e. The molecule has 3 aliphatic heterocycles. The van der Waals surface area contributed by atoms with Crippen LogP contribution in [0.15, 0.2) is 42.2 Å². The number of anilines is 1. The molecule has 3 heterocycles. The molecular weight excluding hydrogens is 776 g/mol. The van der Waals surface area contributed by atoms with Crippen LogP contribution in [-0.4, -0.2) is 106 Å². The topological polar surface area (TPSA) is 211 Å². The van der Waals surface area contributed by atoms with Gasteiger partial charge >= 0.3 is 11.8 Å². The molecule has 2 aromatic rings. The molecule has 15 nitrogen and oxygen atoms in total. The van der Waals surface area contributed by atoms with Gasteiger partial charge in [-0.25, -0.2) is 0 Å². The van der Waals surface area contributed by atoms with Gasteiger partial charge in [-0.05, 0) is 26.3 Å². The molecule has 2 amide bonds. The van der Waals surface area contributed by atoms with Crippen molar-refractivity contribution in [3.8, 4) is 35.3 Å². The Balaban J connectivity index is 1.94. The van der Waals surface area contributed by atoms with Crippen LogP contribution in [0.1, 0.15) is 77.7 Å². The number of terminal acetylenes is 1. The molecule has 0 aromatic heterocycles. The Bertz CT molecular complexity index is 2100. The highest BCUT2D eigenvalue weighted by molar-refractivity contribution is 6.21. The Kier molecular flexibility index (Phi) is 15.4. The summed E-state index contributed by atoms with van der Waals surface area (Å²) in [6.45, 7) is 14.2. The Morgan fingerprint density at radius 3 is 2.32 bits per heavy atom. The molecular formula is C45H58N2O13. The van der Waals surface area contributed by atoms with Gasteiger partial charge in [0.1, 0.15) is 23.4 Å². The molecule has 2 aromatic carbocycles. The number of hydrogen-bond donors (Lipinski definition) is 5. The number of carbonyl (C=O) groups is 4. The van der Waals surface area contributed by atoms with Gasteiger partial charge < -0.3 is 54.3 Å². The van der Waals surface area contributed by atoms with Gasteiger partial charge in [0.15, 0.2) is 12.4 Å². The third kappa shape index (κ3) is 9.73. The fraction of sp³-hybridized carbons (Fsp3) is 0.511. The number of allylic oxidation sites excluding steroid dienone is 2. The minimum absolute atomic E-state index is 0.0174. The minimum Gasteiger partial charge on any atom is -0.507 e. The van der Waals surface area contributed by atoms with E-state index in [9.17, 15) is 39.6 Å². The summed E-state index contributed by atoms with van der Waals surface area (Å²) in [6, 6.07) is 1.24. The van der Waals surface area contributed by atoms with Crippen LogP contribution in [0.4, 0.5) is 5.69 Å². The number of nitrogens with zero attached hydrogens (tertiary/aromatic N) is 1. The number of aliphatic hydroxyl groups excluding tert-OH is 2. The van der Waals surface area contributed by atoms with Crippen molar-refractivity contribution in [1.29, 1.82) is 0 Å². The number of benzene rings is 2. The molecule has 60 heavy (non-hydrogen) atoms. The summed E-state index contributed by atoms with van der Waals surface area (Å²) in [5.74, 6) is -5.89. The summed E-state index contributed by atoms with van der Waals surface area (Å²) >= 11 is 0. The number of esters is 1. The maximum absolute atomic E-state index is 14.5. The molecule has 5 bridgehead atoms. The first kappa shape index (κ1) is 47.1. The third-order valence-corrected chi connectivity index (χ3v) is 11.3. The van der Waals surface area contributed by atoms with Crippen LogP contribution in [0, 0.1) is 42.9 Å². The van der Waals surface area contributed by atoms with E-state index in [4.69, 9.17) is 30.1 Å². The van der Waals surface area contributed by atoms with Crippen LogP contribution in [-0.2, 0) is 28.6 Å². The van der Waals surface area contributed by atoms with Crippen LogP contribution >= 0.6 is 0 Å². The van der Waals surface area contributed by atoms with Crippen molar-refractivity contribution >= 4 is 40.0 Å². The first-order valence-electron chi connectivity index (χ1n) is 19.9. The van der Waals surface area contributed by atoms with Crippen LogP contribution in [0.3, 0.4) is 0 Å². The number of rotatable bonds is 8. The van der Waals surface area contributed by atoms with Gasteiger partial charge in [0, 0.05) is 73.8 Å². The zero-order valence-corrected chi connectivity index (χ0v) is 35.9. The standard InChI is InChI=1S/C45H58N2O13/c1-12-18-47(19-13-2)33(49)22-57-32-21-30-40(53)35-34(32)36-42(28(8)39(35)52)60-45(10,43(36)54)58-20-17-31(56-11)25(5)41(59-29(9)48)27(7)38(51)26(6)37(50)23(3)15-14-16-24(4)44(55)46-30/h1,14-17,20-21,23,25-27,31,37-38,41,50-53H,13,18-19,22H2,2-11H3,(H,46,55)/b15-14+,20-17+,24-16-/t23-,25-,26-,27-,31+,37-,38+,41-,45+/m1/s1. The van der Waals surface area contributed by atoms with Gasteiger partial charge in [-0.1, -0.05) is 58.8 Å². The number of phenols is 2. The Labute approximate surface area is 351 Å². The summed E-state index contributed by atoms with van der Waals surface area (Å²) in [5.41, 5.74) is -0.0962. The third-order valence-electron chi connectivity index (χ3n) is 11.3. The lowest BCUT2D eigenvalue weighted by Crippen LogP contribution is -2.46. The van der Waals surface area contributed by atoms with E-state index >= 15 is 0 Å². The Morgan fingerprint density at radius 2 is 1.70 bits per heavy atom. The summed E-state index contributed by atoms with van der Waals surface area (Å²) in [6.07, 6.45) is 9.63. The number of ketones is 1. The lowest BCUT2D eigenvalue weighted by atomic mass is 9.78. The van der Waals surface area contributed by atoms with E-state index in [-0.39, 0.29) is 51.2 Å². The number of Topliss-reactive ketones (excluding diaryl/α,β-unsaturated/α-hetero) is 1. The predicted octanol–water partition coefficient (Wildman–Crippen LogP) is 5.30. The molecule has 0 spiro atoms. The Hall–Kier alpha value is -5.56. The second-order valence-electron chi connectivity index (χ2n) is 15.7. The number of fused-ring (bicyclic) bond motifs is 14. The summed E-state index contributed by atoms with van der Waals surface area (Å²) in [4.78, 5) is 55.1. The highest BCUT2D eigenvalue weighted by Gasteiger charge is 2.49. The van der Waals surface area contributed by atoms with Gasteiger partial charge in [-0.2, -0.15) is 0 Å². The number of nitrogens with one attached hydrogen (secondary N) is 1. The first-order chi connectivity index (χ1) is 28.2. The number of amides is 2. The smallest absolute Gasteiger partial charge is 0.312 e. The van der Waals surface area contributed by atoms with E-state index in [0.717, 1.165) is 0 Å². The highest BCUT2D eigenvalue weighted by atomic mass is 16.7. The quantitative estimate of drug-likeness (QED) is 0.130. The van der Waals surface area contributed by atoms with E-state index in [2.05, 4.69) is 11.2 Å². The summed E-state index contributed by atoms with van der Waals surface area (Å²) in [5, 5.41) is 48.4. The SMILES string of the molecule is C#CCN(CCC)C(=O)COc1cc2c(O)c3c(O)c(C)c4c(c13)C(=O)[C@@](C)(O/C=C/[C@H](OC)[C@@H](C)[C@@H](OC(C)=O)[C@H](C)[C@@H](O)[C@H](C)[C@H](O)[C@H](C)/C=C/C=C(/C)C(=O)N2)O4. The summed E-state index contributed by atoms with van der Waals surface area (Å²) in [7, 11) is 1.43. The van der Waals surface area contributed by atoms with E-state index in [1.165, 1.54) is 64.2 Å². The first-order valence-corrected chi connectivity index (χ1v) is 19.9. The summed E-state index contributed by atoms with van der Waals surface area (Å²) < 4.78 is 29.7. The van der Waals surface area contributed by atoms with Crippen molar-refractivity contribution in [2.24, 2.45) is 23.7 Å². The van der Waals surface area contributed by atoms with E-state index in [1.807, 2.05) is 6.92 Å². The molecule has 5 N–H and O–H groups in total. The predicted molar refractivity (Wildman–Crippen MR) is 223 cm³/mol. The van der Waals surface area contributed by atoms with Crippen LogP contribution in [0.2, 0.25) is 0 Å². The van der Waals surface area contributed by atoms with Crippen molar-refractivity contribution in [3.63, 3.8) is 0 Å². The zero-order chi connectivity index (χ0) is 44.8. The average Bonchev–Trinajstić information content (AvgIpc) is 3.47. The second-order valence-corrected chi connectivity index (χ2v) is 15.7. The number of aliphatic hydroxyl groups is 2. The van der Waals surface area contributed by atoms with E-state index in [0.29, 0.717) is 13.0 Å². The zero-order valence-electron chi connectivity index (χ0n) is 35.9. The lowest BCUT2D eigenvalue weighted by Gasteiger charge is -2.38. The van der Waals surface area contributed by atoms with Crippen molar-refractivity contribution in [3.05, 3.63) is 53.3 Å². The molecule has 0 saturated heterocycles. The fourth-order valence-corrected chi connectivity index (χ4v) is 7.65. The van der Waals surface area contributed by atoms with E-state index in [1.54, 1.807) is 39.8 Å². The number of aromatic hydroxyl groups is 2. The molecule has 0 saturated carbocycles. The van der Waals surface area contributed by atoms with Crippen molar-refractivity contribution in [2.75, 3.05) is 32.1 Å². The maximum atomic E-state index is 14.5. The number of ether oxygens (including phenoxy) is 5. The lowest BCUT2D eigenvalue weighted by molar-refractivity contribution is -0.160. The molecule has 9 atom stereocenters. The molecule has 3 aliphatic rings. The molecule has 5 rings (SSSR count). The molecule has 15 heteroatoms. The molecule has 0 fully saturated rings. The van der Waals surface area contributed by atoms with Gasteiger partial charge in [-0.3, -0.25) is 19.2 Å². The van der Waals surface area contributed by atoms with Crippen molar-refractivity contribution < 1.29 is 63.3 Å². The van der Waals surface area contributed by atoms with Gasteiger partial charge in [0.25, 0.3) is 17.6 Å². The van der Waals surface area contributed by atoms with E-state index < -0.39 is 95.5 Å². The normalized spacial score (nSPS) is 29.4. The number of phenolic OH excluding ortho intramolecular Hbond substituents is 2. The fourth-order valence-electron chi connectivity index (χ4n) is 7.65. The monoisotopic (exact) mass is 834 g/mol. The van der Waals surface area contributed by atoms with Gasteiger partial charge in [-0.15, -0.1) is 6.42 Å². The number of carbonyl (C=O) groups excluding carboxylic acids is 4.